The summed E-state index contributed by atoms with van der Waals surface area (Å²) in [5, 5.41) is 15.5. The molecule has 5 rings (SSSR count). The number of para-hydroxylation sites is 2. The lowest BCUT2D eigenvalue weighted by Gasteiger charge is -2.14. The maximum Gasteiger partial charge on any atom is 0.341 e. The van der Waals surface area contributed by atoms with Crippen molar-refractivity contribution in [1.29, 1.82) is 0 Å². The Kier molecular flexibility index (Phi) is 11.4. The third-order valence-electron chi connectivity index (χ3n) is 7.53. The van der Waals surface area contributed by atoms with Gasteiger partial charge >= 0.3 is 5.97 Å². The molecule has 1 aliphatic rings. The first-order chi connectivity index (χ1) is 22.9. The fourth-order valence-corrected chi connectivity index (χ4v) is 7.36. The number of hydrogen-bond acceptors (Lipinski definition) is 11. The zero-order chi connectivity index (χ0) is 33.3. The summed E-state index contributed by atoms with van der Waals surface area (Å²) in [6, 6.07) is 12.2. The van der Waals surface area contributed by atoms with Gasteiger partial charge in [-0.3, -0.25) is 14.2 Å². The van der Waals surface area contributed by atoms with Crippen LogP contribution in [0.15, 0.2) is 47.6 Å². The van der Waals surface area contributed by atoms with Gasteiger partial charge in [-0.1, -0.05) is 30.3 Å². The third-order valence-corrected chi connectivity index (χ3v) is 9.67. The van der Waals surface area contributed by atoms with Crippen molar-refractivity contribution in [2.24, 2.45) is 0 Å². The molecule has 2 heterocycles. The van der Waals surface area contributed by atoms with Crippen LogP contribution < -0.4 is 24.8 Å². The Morgan fingerprint density at radius 2 is 1.70 bits per heavy atom. The van der Waals surface area contributed by atoms with Crippen molar-refractivity contribution in [2.75, 3.05) is 39.0 Å². The Labute approximate surface area is 281 Å². The van der Waals surface area contributed by atoms with E-state index in [9.17, 15) is 14.4 Å². The quantitative estimate of drug-likeness (QED) is 0.106. The lowest BCUT2D eigenvalue weighted by atomic mass is 10.1. The number of anilines is 1. The van der Waals surface area contributed by atoms with E-state index in [0.717, 1.165) is 42.5 Å². The number of ether oxygens (including phenoxy) is 4. The highest BCUT2D eigenvalue weighted by Crippen LogP contribution is 2.38. The molecule has 248 valence electrons. The molecule has 0 unspecified atom stereocenters. The summed E-state index contributed by atoms with van der Waals surface area (Å²) in [7, 11) is 4.59. The molecule has 0 radical (unpaired) electrons. The van der Waals surface area contributed by atoms with Crippen LogP contribution in [0.1, 0.15) is 63.2 Å². The summed E-state index contributed by atoms with van der Waals surface area (Å²) in [4.78, 5) is 40.5. The number of esters is 1. The molecule has 2 N–H and O–H groups in total. The number of thiophene rings is 1. The second kappa shape index (κ2) is 15.8. The molecular formula is C33H37N5O7S2. The molecular weight excluding hydrogens is 643 g/mol. The van der Waals surface area contributed by atoms with E-state index in [1.54, 1.807) is 42.9 Å². The van der Waals surface area contributed by atoms with Gasteiger partial charge in [0.1, 0.15) is 22.2 Å². The normalized spacial score (nSPS) is 12.4. The van der Waals surface area contributed by atoms with Gasteiger partial charge in [-0.25, -0.2) is 4.79 Å². The number of nitrogens with one attached hydrogen (secondary N) is 2. The number of aryl methyl sites for hydroxylation is 1. The van der Waals surface area contributed by atoms with E-state index >= 15 is 0 Å². The fourth-order valence-electron chi connectivity index (χ4n) is 5.31. The molecule has 14 heteroatoms. The van der Waals surface area contributed by atoms with Gasteiger partial charge in [-0.15, -0.1) is 21.5 Å². The number of fused-ring (bicyclic) bond motifs is 1. The minimum atomic E-state index is -0.412. The summed E-state index contributed by atoms with van der Waals surface area (Å²) in [5.41, 5.74) is 2.45. The number of thioether (sulfide) groups is 1. The monoisotopic (exact) mass is 679 g/mol. The number of carbonyl (C=O) groups is 3. The third kappa shape index (κ3) is 7.88. The van der Waals surface area contributed by atoms with Crippen molar-refractivity contribution < 1.29 is 33.3 Å². The van der Waals surface area contributed by atoms with E-state index in [-0.39, 0.29) is 30.7 Å². The molecule has 0 spiro atoms. The van der Waals surface area contributed by atoms with Crippen LogP contribution in [0, 0.1) is 0 Å². The first-order valence-electron chi connectivity index (χ1n) is 15.2. The average molecular weight is 680 g/mol. The Morgan fingerprint density at radius 3 is 2.43 bits per heavy atom. The molecule has 0 atom stereocenters. The van der Waals surface area contributed by atoms with Gasteiger partial charge in [0.2, 0.25) is 5.91 Å². The van der Waals surface area contributed by atoms with Gasteiger partial charge < -0.3 is 29.6 Å². The van der Waals surface area contributed by atoms with Crippen LogP contribution in [0.3, 0.4) is 0 Å². The molecule has 12 nitrogen and oxygen atoms in total. The van der Waals surface area contributed by atoms with Crippen molar-refractivity contribution >= 4 is 45.9 Å². The fraction of sp³-hybridized carbons (Fsp3) is 0.364. The summed E-state index contributed by atoms with van der Waals surface area (Å²) in [6.07, 6.45) is 4.82. The molecule has 47 heavy (non-hydrogen) atoms. The molecule has 2 aromatic carbocycles. The van der Waals surface area contributed by atoms with Gasteiger partial charge in [0.25, 0.3) is 5.91 Å². The van der Waals surface area contributed by atoms with Gasteiger partial charge in [-0.2, -0.15) is 0 Å². The van der Waals surface area contributed by atoms with Crippen LogP contribution >= 0.6 is 23.1 Å². The Morgan fingerprint density at radius 1 is 0.957 bits per heavy atom. The second-order valence-electron chi connectivity index (χ2n) is 10.5. The van der Waals surface area contributed by atoms with E-state index < -0.39 is 5.97 Å². The van der Waals surface area contributed by atoms with Crippen LogP contribution in [0.4, 0.5) is 5.00 Å². The van der Waals surface area contributed by atoms with E-state index in [0.29, 0.717) is 50.0 Å². The summed E-state index contributed by atoms with van der Waals surface area (Å²) in [5.74, 6) is 0.867. The van der Waals surface area contributed by atoms with Crippen LogP contribution in [0.25, 0.3) is 5.69 Å². The maximum absolute atomic E-state index is 13.3. The molecule has 2 aromatic heterocycles. The number of rotatable bonds is 13. The average Bonchev–Trinajstić information content (AvgIpc) is 3.57. The SMILES string of the molecule is CCOC(=O)c1c(NC(=O)CSc2nnc(CNC(=O)c3cc(OC)cc(OC)c3)n2-c2ccccc2OC)sc2c1CCCCC2. The Hall–Kier alpha value is -4.56. The van der Waals surface area contributed by atoms with Gasteiger partial charge in [-0.05, 0) is 62.4 Å². The number of carbonyl (C=O) groups excluding carboxylic acids is 3. The Balaban J connectivity index is 1.36. The molecule has 0 fully saturated rings. The Bertz CT molecular complexity index is 1730. The second-order valence-corrected chi connectivity index (χ2v) is 12.6. The first kappa shape index (κ1) is 33.8. The molecule has 0 saturated carbocycles. The first-order valence-corrected chi connectivity index (χ1v) is 17.0. The smallest absolute Gasteiger partial charge is 0.341 e. The number of benzene rings is 2. The molecule has 4 aromatic rings. The topological polar surface area (TPSA) is 143 Å². The van der Waals surface area contributed by atoms with Gasteiger partial charge in [0.05, 0.1) is 51.5 Å². The number of hydrogen-bond donors (Lipinski definition) is 2. The zero-order valence-electron chi connectivity index (χ0n) is 26.7. The minimum Gasteiger partial charge on any atom is -0.497 e. The molecule has 0 saturated heterocycles. The van der Waals surface area contributed by atoms with E-state index in [2.05, 4.69) is 20.8 Å². The van der Waals surface area contributed by atoms with Crippen LogP contribution in [0.2, 0.25) is 0 Å². The van der Waals surface area contributed by atoms with Crippen molar-refractivity contribution in [1.82, 2.24) is 20.1 Å². The predicted octanol–water partition coefficient (Wildman–Crippen LogP) is 5.46. The zero-order valence-corrected chi connectivity index (χ0v) is 28.3. The standard InChI is InChI=1S/C33H37N5O7S2/c1-5-45-32(41)29-23-11-7-6-8-14-26(23)47-31(29)35-28(39)19-46-33-37-36-27(38(33)24-12-9-10-13-25(24)44-4)18-34-30(40)20-15-21(42-2)17-22(16-20)43-3/h9-10,12-13,15-17H,5-8,11,14,18-19H2,1-4H3,(H,34,40)(H,35,39). The highest BCUT2D eigenvalue weighted by molar-refractivity contribution is 7.99. The highest BCUT2D eigenvalue weighted by atomic mass is 32.2. The maximum atomic E-state index is 13.3. The largest absolute Gasteiger partial charge is 0.497 e. The molecule has 0 bridgehead atoms. The minimum absolute atomic E-state index is 0.00587. The lowest BCUT2D eigenvalue weighted by molar-refractivity contribution is -0.113. The van der Waals surface area contributed by atoms with Gasteiger partial charge in [0, 0.05) is 16.5 Å². The van der Waals surface area contributed by atoms with Gasteiger partial charge in [0.15, 0.2) is 11.0 Å². The number of nitrogens with zero attached hydrogens (tertiary/aromatic N) is 3. The van der Waals surface area contributed by atoms with Crippen molar-refractivity contribution in [3.63, 3.8) is 0 Å². The van der Waals surface area contributed by atoms with Crippen molar-refractivity contribution in [2.45, 2.75) is 50.7 Å². The van der Waals surface area contributed by atoms with Crippen LogP contribution in [0.5, 0.6) is 17.2 Å². The summed E-state index contributed by atoms with van der Waals surface area (Å²) >= 11 is 2.63. The summed E-state index contributed by atoms with van der Waals surface area (Å²) in [6.45, 7) is 2.05. The van der Waals surface area contributed by atoms with Crippen LogP contribution in [-0.4, -0.2) is 66.2 Å². The van der Waals surface area contributed by atoms with E-state index in [4.69, 9.17) is 18.9 Å². The molecule has 0 aliphatic heterocycles. The van der Waals surface area contributed by atoms with Crippen molar-refractivity contribution in [3.8, 4) is 22.9 Å². The number of amides is 2. The predicted molar refractivity (Wildman–Crippen MR) is 180 cm³/mol. The molecule has 2 amide bonds. The lowest BCUT2D eigenvalue weighted by Crippen LogP contribution is -2.25. The number of methoxy groups -OCH3 is 3. The molecule has 1 aliphatic carbocycles. The number of aromatic nitrogens is 3. The highest BCUT2D eigenvalue weighted by Gasteiger charge is 2.27. The van der Waals surface area contributed by atoms with E-state index in [1.807, 2.05) is 18.2 Å². The van der Waals surface area contributed by atoms with E-state index in [1.165, 1.54) is 37.3 Å². The van der Waals surface area contributed by atoms with Crippen molar-refractivity contribution in [3.05, 3.63) is 69.9 Å². The summed E-state index contributed by atoms with van der Waals surface area (Å²) < 4.78 is 23.3. The van der Waals surface area contributed by atoms with Crippen LogP contribution in [-0.2, 0) is 28.9 Å².